The van der Waals surface area contributed by atoms with Crippen LogP contribution in [0.4, 0.5) is 20.1 Å². The number of epoxide rings is 1. The monoisotopic (exact) mass is 798 g/mol. The molecule has 20 heteroatoms. The minimum atomic E-state index is -2.03. The van der Waals surface area contributed by atoms with Gasteiger partial charge in [-0.05, 0) is 38.0 Å². The predicted octanol–water partition coefficient (Wildman–Crippen LogP) is 0.451. The van der Waals surface area contributed by atoms with Crippen LogP contribution in [0.1, 0.15) is 39.2 Å². The number of anilines is 1. The topological polar surface area (TPSA) is 281 Å². The molecule has 0 aliphatic carbocycles. The zero-order valence-electron chi connectivity index (χ0n) is 30.7. The third-order valence-electron chi connectivity index (χ3n) is 10.3. The van der Waals surface area contributed by atoms with E-state index in [0.717, 1.165) is 4.90 Å². The zero-order chi connectivity index (χ0) is 40.6. The van der Waals surface area contributed by atoms with Gasteiger partial charge in [0, 0.05) is 26.5 Å². The molecule has 0 aromatic heterocycles. The Balaban J connectivity index is 1.66. The fraction of sp³-hybridized carbons (Fsp3) is 0.600. The Morgan fingerprint density at radius 2 is 1.91 bits per heavy atom. The zero-order valence-corrected chi connectivity index (χ0v) is 31.5. The Kier molecular flexibility index (Phi) is 12.6. The minimum absolute atomic E-state index is 0.148. The number of nitrogens with two attached hydrogens (primary N) is 1. The number of aliphatic hydroxyl groups is 4. The number of carbonyl (C=O) groups is 4. The molecule has 304 valence electrons. The lowest BCUT2D eigenvalue weighted by Gasteiger charge is -2.45. The molecule has 1 aromatic rings. The van der Waals surface area contributed by atoms with E-state index in [1.807, 2.05) is 0 Å². The highest BCUT2D eigenvalue weighted by atomic mass is 35.5. The molecule has 9 N–H and O–H groups in total. The first kappa shape index (κ1) is 41.9. The number of phenols is 1. The van der Waals surface area contributed by atoms with E-state index in [4.69, 9.17) is 45.8 Å². The van der Waals surface area contributed by atoms with Crippen LogP contribution in [0.25, 0.3) is 0 Å². The van der Waals surface area contributed by atoms with E-state index in [1.165, 1.54) is 26.3 Å². The average molecular weight is 799 g/mol. The summed E-state index contributed by atoms with van der Waals surface area (Å²) in [6, 6.07) is 2.78. The average Bonchev–Trinajstić information content (AvgIpc) is 3.82. The predicted molar refractivity (Wildman–Crippen MR) is 190 cm³/mol. The van der Waals surface area contributed by atoms with Crippen LogP contribution in [0.5, 0.6) is 5.75 Å². The number of nitrogens with zero attached hydrogens (tertiary/aromatic N) is 1. The fourth-order valence-electron chi connectivity index (χ4n) is 7.39. The molecular weight excluding hydrogens is 752 g/mol. The van der Waals surface area contributed by atoms with Crippen LogP contribution < -0.4 is 21.3 Å². The number of ether oxygens (including phenoxy) is 6. The number of hydrogen-bond donors (Lipinski definition) is 8. The van der Waals surface area contributed by atoms with E-state index < -0.39 is 115 Å². The normalized spacial score (nSPS) is 36.8. The van der Waals surface area contributed by atoms with Gasteiger partial charge < -0.3 is 65.0 Å². The highest BCUT2D eigenvalue weighted by molar-refractivity contribution is 6.35. The van der Waals surface area contributed by atoms with Crippen LogP contribution >= 0.6 is 11.6 Å². The number of aliphatic hydroxyl groups excluding tert-OH is 3. The van der Waals surface area contributed by atoms with E-state index in [0.29, 0.717) is 11.1 Å². The Morgan fingerprint density at radius 1 is 1.20 bits per heavy atom. The van der Waals surface area contributed by atoms with Crippen LogP contribution in [0, 0.1) is 5.92 Å². The number of hydrogen-bond acceptors (Lipinski definition) is 15. The summed E-state index contributed by atoms with van der Waals surface area (Å²) in [5.74, 6) is -2.07. The summed E-state index contributed by atoms with van der Waals surface area (Å²) in [7, 11) is 2.66. The number of nitrogens with one attached hydrogen (secondary N) is 2. The second-order valence-electron chi connectivity index (χ2n) is 14.2. The van der Waals surface area contributed by atoms with Gasteiger partial charge in [-0.3, -0.25) is 15.0 Å². The first-order valence-corrected chi connectivity index (χ1v) is 17.8. The molecule has 0 unspecified atom stereocenters. The Hall–Kier alpha value is -4.21. The van der Waals surface area contributed by atoms with Crippen molar-refractivity contribution in [2.24, 2.45) is 11.7 Å². The van der Waals surface area contributed by atoms with Crippen molar-refractivity contribution >= 4 is 41.5 Å². The summed E-state index contributed by atoms with van der Waals surface area (Å²) in [5, 5.41) is 59.8. The van der Waals surface area contributed by atoms with Crippen molar-refractivity contribution in [2.45, 2.75) is 106 Å². The molecule has 4 amide bonds. The lowest BCUT2D eigenvalue weighted by atomic mass is 9.83. The molecule has 3 fully saturated rings. The second-order valence-corrected chi connectivity index (χ2v) is 14.6. The number of carbonyl (C=O) groups excluding carboxylic acids is 4. The number of alkyl carbamates (subject to hydrolysis) is 2. The van der Waals surface area contributed by atoms with Crippen LogP contribution in [-0.4, -0.2) is 137 Å². The number of primary amides is 1. The number of allylic oxidation sites excluding steroid dienone is 3. The third-order valence-corrected chi connectivity index (χ3v) is 10.7. The van der Waals surface area contributed by atoms with Crippen LogP contribution in [0.2, 0.25) is 5.02 Å². The van der Waals surface area contributed by atoms with Gasteiger partial charge in [0.15, 0.2) is 18.1 Å². The Bertz CT molecular complexity index is 1710. The molecule has 4 aliphatic rings. The molecule has 0 spiro atoms. The number of fused-ring (bicyclic) bond motifs is 5. The number of methoxy groups -OCH3 is 1. The van der Waals surface area contributed by atoms with Gasteiger partial charge in [-0.2, -0.15) is 0 Å². The van der Waals surface area contributed by atoms with Crippen molar-refractivity contribution < 1.29 is 73.1 Å². The van der Waals surface area contributed by atoms with Crippen molar-refractivity contribution in [3.05, 3.63) is 46.5 Å². The standard InChI is InChI=1S/C35H47ClN4O15/c1-15-7-6-8-22(50-5)35(49)13-20(52-33(48)39-35)16(2)29-34(3,55-29)23(53-32(47)38-4)12-24(43)40(18-10-17(9-15)11-19(42)25(18)36)30-27(45)26(44)28(54-31(37)46)21(14-41)51-30/h6-8,10-11,16,20-23,26-30,41-42,44-45,49H,9,12-14H2,1-5H3,(H2,37,46)(H,38,47)(H,39,48)/t16-,20+,21+,22-,23+,26+,27+,28+,29+,30+,34+,35+/m1/s1. The SMILES string of the molecule is CNC(=O)O[C@H]1CC(=O)N([C@H]2O[C@@H](CO)[C@H](OC(N)=O)[C@@H](O)[C@@H]2O)c2cc(cc(O)c2Cl)CC(C)=CC=C[C@@H](OC)[C@@]2(O)C[C@H](OC(=O)N2)[C@@H](C)[C@@H]2O[C@@]12C. The van der Waals surface area contributed by atoms with E-state index in [1.54, 1.807) is 39.0 Å². The van der Waals surface area contributed by atoms with Gasteiger partial charge in [-0.25, -0.2) is 14.4 Å². The second kappa shape index (κ2) is 16.5. The maximum Gasteiger partial charge on any atom is 0.409 e. The maximum absolute atomic E-state index is 14.7. The molecule has 19 nitrogen and oxygen atoms in total. The molecule has 55 heavy (non-hydrogen) atoms. The molecule has 4 aliphatic heterocycles. The van der Waals surface area contributed by atoms with Gasteiger partial charge >= 0.3 is 18.3 Å². The van der Waals surface area contributed by atoms with Crippen molar-refractivity contribution in [3.63, 3.8) is 0 Å². The summed E-state index contributed by atoms with van der Waals surface area (Å²) in [4.78, 5) is 52.7. The van der Waals surface area contributed by atoms with Crippen LogP contribution in [-0.2, 0) is 39.6 Å². The van der Waals surface area contributed by atoms with Crippen molar-refractivity contribution in [3.8, 4) is 5.75 Å². The van der Waals surface area contributed by atoms with E-state index >= 15 is 0 Å². The van der Waals surface area contributed by atoms with Crippen LogP contribution in [0.3, 0.4) is 0 Å². The molecule has 5 rings (SSSR count). The van der Waals surface area contributed by atoms with Crippen molar-refractivity contribution in [1.29, 1.82) is 0 Å². The largest absolute Gasteiger partial charge is 0.506 e. The van der Waals surface area contributed by atoms with Gasteiger partial charge in [0.05, 0.1) is 24.8 Å². The van der Waals surface area contributed by atoms with E-state index in [-0.39, 0.29) is 23.6 Å². The summed E-state index contributed by atoms with van der Waals surface area (Å²) >= 11 is 6.65. The number of rotatable bonds is 5. The number of amides is 4. The molecule has 0 saturated carbocycles. The van der Waals surface area contributed by atoms with E-state index in [2.05, 4.69) is 10.6 Å². The Labute approximate surface area is 320 Å². The smallest absolute Gasteiger partial charge is 0.409 e. The molecule has 12 atom stereocenters. The van der Waals surface area contributed by atoms with Gasteiger partial charge in [0.2, 0.25) is 5.91 Å². The third kappa shape index (κ3) is 8.63. The highest BCUT2D eigenvalue weighted by Crippen LogP contribution is 2.49. The first-order valence-electron chi connectivity index (χ1n) is 17.4. The van der Waals surface area contributed by atoms with Gasteiger partial charge in [-0.15, -0.1) is 0 Å². The summed E-state index contributed by atoms with van der Waals surface area (Å²) in [6.45, 7) is 4.15. The van der Waals surface area contributed by atoms with Gasteiger partial charge in [-0.1, -0.05) is 42.3 Å². The first-order chi connectivity index (χ1) is 25.9. The van der Waals surface area contributed by atoms with E-state index in [9.17, 15) is 44.7 Å². The fourth-order valence-corrected chi connectivity index (χ4v) is 7.59. The molecule has 4 bridgehead atoms. The summed E-state index contributed by atoms with van der Waals surface area (Å²) < 4.78 is 33.8. The van der Waals surface area contributed by atoms with Crippen molar-refractivity contribution in [1.82, 2.24) is 10.6 Å². The number of phenolic OH excluding ortho intramolecular Hbond substituents is 1. The lowest BCUT2D eigenvalue weighted by molar-refractivity contribution is -0.227. The van der Waals surface area contributed by atoms with Gasteiger partial charge in [0.25, 0.3) is 0 Å². The quantitative estimate of drug-likeness (QED) is 0.148. The molecule has 3 saturated heterocycles. The van der Waals surface area contributed by atoms with Gasteiger partial charge in [0.1, 0.15) is 53.0 Å². The maximum atomic E-state index is 14.7. The summed E-state index contributed by atoms with van der Waals surface area (Å²) in [6.07, 6.45) is -12.3. The summed E-state index contributed by atoms with van der Waals surface area (Å²) in [5.41, 5.74) is 2.72. The molecule has 0 radical (unpaired) electrons. The Morgan fingerprint density at radius 3 is 2.55 bits per heavy atom. The van der Waals surface area contributed by atoms with Crippen LogP contribution in [0.15, 0.2) is 35.9 Å². The van der Waals surface area contributed by atoms with Crippen molar-refractivity contribution in [2.75, 3.05) is 25.7 Å². The number of benzene rings is 1. The lowest BCUT2D eigenvalue weighted by Crippen LogP contribution is -2.65. The molecule has 1 aromatic carbocycles. The highest BCUT2D eigenvalue weighted by Gasteiger charge is 2.65. The number of halogens is 1. The minimum Gasteiger partial charge on any atom is -0.506 e. The number of aromatic hydroxyl groups is 1. The molecule has 4 heterocycles. The molecular formula is C35H47ClN4O15.